The van der Waals surface area contributed by atoms with Crippen molar-refractivity contribution in [3.05, 3.63) is 88.5 Å². The molecule has 1 aliphatic carbocycles. The topological polar surface area (TPSA) is 71.7 Å². The summed E-state index contributed by atoms with van der Waals surface area (Å²) in [5.41, 5.74) is 11.3. The lowest BCUT2D eigenvalue weighted by Crippen LogP contribution is -2.24. The average molecular weight is 537 g/mol. The maximum atomic E-state index is 12.4. The highest BCUT2D eigenvalue weighted by atomic mass is 32.1. The fraction of sp³-hybridized carbons (Fsp3) is 0.179. The first kappa shape index (κ1) is 25.5. The van der Waals surface area contributed by atoms with E-state index in [-0.39, 0.29) is 5.75 Å². The molecule has 1 aliphatic rings. The van der Waals surface area contributed by atoms with E-state index in [1.165, 1.54) is 24.3 Å². The van der Waals surface area contributed by atoms with Gasteiger partial charge in [0.1, 0.15) is 11.4 Å². The van der Waals surface area contributed by atoms with E-state index in [1.54, 1.807) is 6.21 Å². The second-order valence-corrected chi connectivity index (χ2v) is 9.33. The number of aryl methyl sites for hydroxylation is 3. The van der Waals surface area contributed by atoms with Crippen molar-refractivity contribution in [3.8, 4) is 28.3 Å². The Morgan fingerprint density at radius 1 is 1.05 bits per heavy atom. The van der Waals surface area contributed by atoms with Crippen LogP contribution in [0.1, 0.15) is 27.8 Å². The van der Waals surface area contributed by atoms with Crippen LogP contribution in [0.25, 0.3) is 22.6 Å². The van der Waals surface area contributed by atoms with Crippen LogP contribution in [-0.2, 0) is 12.8 Å². The van der Waals surface area contributed by atoms with Gasteiger partial charge in [-0.1, -0.05) is 35.5 Å². The standard InChI is InChI=1S/C28H23F3N4O2S/c1-16-4-3-5-17(2)24(16)33-27(38)34-32-15-18-6-12-22-20(14-18)9-13-23-25(22)35-37-26(23)19-7-10-21(11-8-19)36-28(29,30)31/h3-8,10-12,14-15H,9,13H2,1-2H3,(H2,33,34,38). The van der Waals surface area contributed by atoms with Crippen LogP contribution in [0, 0.1) is 13.8 Å². The first-order valence-electron chi connectivity index (χ1n) is 11.8. The second kappa shape index (κ2) is 10.3. The van der Waals surface area contributed by atoms with Gasteiger partial charge in [0.05, 0.1) is 6.21 Å². The Labute approximate surface area is 222 Å². The number of fused-ring (bicyclic) bond motifs is 3. The molecule has 1 heterocycles. The van der Waals surface area contributed by atoms with Gasteiger partial charge in [-0.05, 0) is 91.5 Å². The molecule has 6 nitrogen and oxygen atoms in total. The van der Waals surface area contributed by atoms with Crippen molar-refractivity contribution < 1.29 is 22.4 Å². The summed E-state index contributed by atoms with van der Waals surface area (Å²) in [5.74, 6) is 0.259. The van der Waals surface area contributed by atoms with E-state index in [4.69, 9.17) is 16.7 Å². The van der Waals surface area contributed by atoms with Crippen molar-refractivity contribution in [1.82, 2.24) is 10.6 Å². The van der Waals surface area contributed by atoms with Crippen molar-refractivity contribution in [2.75, 3.05) is 5.32 Å². The van der Waals surface area contributed by atoms with Gasteiger partial charge in [0.15, 0.2) is 10.9 Å². The van der Waals surface area contributed by atoms with E-state index in [0.717, 1.165) is 51.2 Å². The minimum atomic E-state index is -4.74. The van der Waals surface area contributed by atoms with Crippen LogP contribution in [0.3, 0.4) is 0 Å². The Bertz CT molecular complexity index is 1510. The molecule has 2 N–H and O–H groups in total. The second-order valence-electron chi connectivity index (χ2n) is 8.92. The van der Waals surface area contributed by atoms with E-state index in [2.05, 4.69) is 25.7 Å². The van der Waals surface area contributed by atoms with Gasteiger partial charge in [0.25, 0.3) is 0 Å². The zero-order valence-corrected chi connectivity index (χ0v) is 21.3. The molecular formula is C28H23F3N4O2S. The lowest BCUT2D eigenvalue weighted by atomic mass is 9.87. The number of hydrazone groups is 1. The maximum absolute atomic E-state index is 12.4. The normalized spacial score (nSPS) is 12.7. The van der Waals surface area contributed by atoms with Crippen LogP contribution >= 0.6 is 12.2 Å². The molecule has 0 fully saturated rings. The monoisotopic (exact) mass is 536 g/mol. The number of thiocarbonyl (C=S) groups is 1. The molecule has 4 aromatic rings. The van der Waals surface area contributed by atoms with E-state index in [1.807, 2.05) is 50.2 Å². The van der Waals surface area contributed by atoms with Gasteiger partial charge in [-0.15, -0.1) is 13.2 Å². The predicted octanol–water partition coefficient (Wildman–Crippen LogP) is 6.94. The summed E-state index contributed by atoms with van der Waals surface area (Å²) < 4.78 is 46.9. The first-order valence-corrected chi connectivity index (χ1v) is 12.2. The number of anilines is 1. The van der Waals surface area contributed by atoms with Gasteiger partial charge in [-0.3, -0.25) is 5.43 Å². The SMILES string of the molecule is Cc1cccc(C)c1NC(=S)NN=Cc1ccc2c(c1)CCc1c-2noc1-c1ccc(OC(F)(F)F)cc1. The number of benzene rings is 3. The predicted molar refractivity (Wildman–Crippen MR) is 144 cm³/mol. The number of nitrogens with zero attached hydrogens (tertiary/aromatic N) is 2. The average Bonchev–Trinajstić information content (AvgIpc) is 3.30. The van der Waals surface area contributed by atoms with Crippen molar-refractivity contribution >= 4 is 29.2 Å². The summed E-state index contributed by atoms with van der Waals surface area (Å²) >= 11 is 5.37. The smallest absolute Gasteiger partial charge is 0.406 e. The Morgan fingerprint density at radius 3 is 2.50 bits per heavy atom. The zero-order chi connectivity index (χ0) is 26.9. The Morgan fingerprint density at radius 2 is 1.79 bits per heavy atom. The van der Waals surface area contributed by atoms with Crippen LogP contribution in [0.2, 0.25) is 0 Å². The molecule has 3 aromatic carbocycles. The van der Waals surface area contributed by atoms with E-state index in [0.29, 0.717) is 22.9 Å². The molecule has 0 bridgehead atoms. The molecule has 0 unspecified atom stereocenters. The molecule has 0 aliphatic heterocycles. The number of halogens is 3. The number of rotatable bonds is 5. The van der Waals surface area contributed by atoms with Gasteiger partial charge < -0.3 is 14.6 Å². The van der Waals surface area contributed by atoms with Crippen LogP contribution in [-0.4, -0.2) is 22.8 Å². The number of alkyl halides is 3. The van der Waals surface area contributed by atoms with Gasteiger partial charge in [0.2, 0.25) is 0 Å². The van der Waals surface area contributed by atoms with Crippen molar-refractivity contribution in [2.24, 2.45) is 5.10 Å². The first-order chi connectivity index (χ1) is 18.2. The number of ether oxygens (including phenoxy) is 1. The largest absolute Gasteiger partial charge is 0.573 e. The quantitative estimate of drug-likeness (QED) is 0.164. The van der Waals surface area contributed by atoms with Crippen molar-refractivity contribution in [2.45, 2.75) is 33.1 Å². The maximum Gasteiger partial charge on any atom is 0.573 e. The lowest BCUT2D eigenvalue weighted by molar-refractivity contribution is -0.274. The third-order valence-corrected chi connectivity index (χ3v) is 6.46. The zero-order valence-electron chi connectivity index (χ0n) is 20.5. The van der Waals surface area contributed by atoms with E-state index < -0.39 is 6.36 Å². The fourth-order valence-corrected chi connectivity index (χ4v) is 4.65. The highest BCUT2D eigenvalue weighted by molar-refractivity contribution is 7.80. The molecule has 0 spiro atoms. The minimum Gasteiger partial charge on any atom is -0.406 e. The number of hydrogen-bond donors (Lipinski definition) is 2. The third kappa shape index (κ3) is 5.55. The lowest BCUT2D eigenvalue weighted by Gasteiger charge is -2.16. The number of nitrogens with one attached hydrogen (secondary N) is 2. The van der Waals surface area contributed by atoms with Crippen LogP contribution < -0.4 is 15.5 Å². The molecule has 0 saturated carbocycles. The summed E-state index contributed by atoms with van der Waals surface area (Å²) in [6.07, 6.45) is -1.59. The molecule has 0 saturated heterocycles. The summed E-state index contributed by atoms with van der Waals surface area (Å²) in [6, 6.07) is 17.6. The van der Waals surface area contributed by atoms with Gasteiger partial charge in [-0.2, -0.15) is 5.10 Å². The highest BCUT2D eigenvalue weighted by Gasteiger charge is 2.31. The Kier molecular flexibility index (Phi) is 6.90. The number of para-hydroxylation sites is 1. The van der Waals surface area contributed by atoms with Crippen molar-refractivity contribution in [3.63, 3.8) is 0 Å². The molecule has 10 heteroatoms. The fourth-order valence-electron chi connectivity index (χ4n) is 4.50. The molecule has 5 rings (SSSR count). The molecule has 0 amide bonds. The number of hydrogen-bond acceptors (Lipinski definition) is 5. The molecule has 38 heavy (non-hydrogen) atoms. The molecule has 194 valence electrons. The van der Waals surface area contributed by atoms with Gasteiger partial charge in [-0.25, -0.2) is 0 Å². The molecular weight excluding hydrogens is 513 g/mol. The van der Waals surface area contributed by atoms with E-state index >= 15 is 0 Å². The summed E-state index contributed by atoms with van der Waals surface area (Å²) in [5, 5.41) is 12.1. The Balaban J connectivity index is 1.28. The Hall–Kier alpha value is -4.18. The molecule has 0 atom stereocenters. The minimum absolute atomic E-state index is 0.287. The van der Waals surface area contributed by atoms with Crippen LogP contribution in [0.5, 0.6) is 5.75 Å². The highest BCUT2D eigenvalue weighted by Crippen LogP contribution is 2.39. The van der Waals surface area contributed by atoms with Crippen molar-refractivity contribution in [1.29, 1.82) is 0 Å². The van der Waals surface area contributed by atoms with Gasteiger partial charge >= 0.3 is 6.36 Å². The third-order valence-electron chi connectivity index (χ3n) is 6.27. The summed E-state index contributed by atoms with van der Waals surface area (Å²) in [7, 11) is 0. The summed E-state index contributed by atoms with van der Waals surface area (Å²) in [4.78, 5) is 0. The number of aromatic nitrogens is 1. The van der Waals surface area contributed by atoms with Crippen LogP contribution in [0.15, 0.2) is 70.3 Å². The molecule has 1 aromatic heterocycles. The summed E-state index contributed by atoms with van der Waals surface area (Å²) in [6.45, 7) is 4.03. The van der Waals surface area contributed by atoms with Crippen LogP contribution in [0.4, 0.5) is 18.9 Å². The van der Waals surface area contributed by atoms with E-state index in [9.17, 15) is 13.2 Å². The molecule has 0 radical (unpaired) electrons. The van der Waals surface area contributed by atoms with Gasteiger partial charge in [0, 0.05) is 22.4 Å².